The van der Waals surface area contributed by atoms with Crippen LogP contribution in [0, 0.1) is 11.6 Å². The predicted octanol–water partition coefficient (Wildman–Crippen LogP) is 1.07. The number of primary amides is 1. The smallest absolute Gasteiger partial charge is 0.251 e. The quantitative estimate of drug-likeness (QED) is 0.752. The van der Waals surface area contributed by atoms with E-state index < -0.39 is 23.1 Å². The summed E-state index contributed by atoms with van der Waals surface area (Å²) in [6, 6.07) is 1.56. The van der Waals surface area contributed by atoms with Crippen LogP contribution in [-0.2, 0) is 0 Å². The molecule has 1 amide bonds. The maximum absolute atomic E-state index is 13.1. The van der Waals surface area contributed by atoms with Gasteiger partial charge in [-0.3, -0.25) is 4.79 Å². The molecule has 1 aromatic rings. The minimum absolute atomic E-state index is 0.339. The average molecular weight is 187 g/mol. The van der Waals surface area contributed by atoms with E-state index in [1.807, 2.05) is 0 Å². The summed E-state index contributed by atoms with van der Waals surface area (Å²) in [5.74, 6) is -3.09. The van der Waals surface area contributed by atoms with Gasteiger partial charge in [-0.2, -0.15) is 0 Å². The van der Waals surface area contributed by atoms with Crippen molar-refractivity contribution in [1.82, 2.24) is 0 Å². The minimum atomic E-state index is -1.03. The molecule has 0 saturated heterocycles. The van der Waals surface area contributed by atoms with Crippen LogP contribution in [0.15, 0.2) is 12.1 Å². The first-order chi connectivity index (χ1) is 6.06. The Kier molecular flexibility index (Phi) is 2.46. The van der Waals surface area contributed by atoms with E-state index in [4.69, 9.17) is 5.73 Å². The van der Waals surface area contributed by atoms with Crippen LogP contribution in [0.4, 0.5) is 8.78 Å². The van der Waals surface area contributed by atoms with Gasteiger partial charge in [-0.25, -0.2) is 8.78 Å². The highest BCUT2D eigenvalue weighted by Crippen LogP contribution is 2.21. The molecule has 2 N–H and O–H groups in total. The van der Waals surface area contributed by atoms with Gasteiger partial charge in [0.2, 0.25) is 0 Å². The molecule has 1 aromatic carbocycles. The number of amides is 1. The molecular weight excluding hydrogens is 180 g/mol. The zero-order valence-electron chi connectivity index (χ0n) is 6.80. The zero-order valence-corrected chi connectivity index (χ0v) is 6.80. The molecule has 0 unspecified atom stereocenters. The second-order valence-corrected chi connectivity index (χ2v) is 2.33. The van der Waals surface area contributed by atoms with Crippen molar-refractivity contribution in [3.63, 3.8) is 0 Å². The highest BCUT2D eigenvalue weighted by Gasteiger charge is 2.15. The number of ether oxygens (including phenoxy) is 1. The molecule has 0 aromatic heterocycles. The third kappa shape index (κ3) is 1.74. The Labute approximate surface area is 73.1 Å². The van der Waals surface area contributed by atoms with Crippen molar-refractivity contribution >= 4 is 5.91 Å². The second kappa shape index (κ2) is 3.38. The Hall–Kier alpha value is -1.65. The first-order valence-electron chi connectivity index (χ1n) is 3.39. The molecule has 13 heavy (non-hydrogen) atoms. The van der Waals surface area contributed by atoms with Crippen molar-refractivity contribution in [2.45, 2.75) is 0 Å². The number of benzene rings is 1. The molecule has 0 saturated carbocycles. The number of nitrogens with two attached hydrogens (primary N) is 1. The number of hydrogen-bond acceptors (Lipinski definition) is 2. The summed E-state index contributed by atoms with van der Waals surface area (Å²) in [5, 5.41) is 0. The largest absolute Gasteiger partial charge is 0.494 e. The Morgan fingerprint density at radius 2 is 2.08 bits per heavy atom. The molecular formula is C8H7F2NO2. The highest BCUT2D eigenvalue weighted by molar-refractivity contribution is 5.93. The maximum atomic E-state index is 13.1. The van der Waals surface area contributed by atoms with Crippen molar-refractivity contribution < 1.29 is 18.3 Å². The van der Waals surface area contributed by atoms with Gasteiger partial charge in [-0.1, -0.05) is 0 Å². The van der Waals surface area contributed by atoms with E-state index in [9.17, 15) is 13.6 Å². The van der Waals surface area contributed by atoms with E-state index in [1.165, 1.54) is 7.11 Å². The fourth-order valence-corrected chi connectivity index (χ4v) is 0.892. The number of carbonyl (C=O) groups excluding carboxylic acids is 1. The lowest BCUT2D eigenvalue weighted by Crippen LogP contribution is -2.14. The van der Waals surface area contributed by atoms with Crippen LogP contribution in [0.3, 0.4) is 0 Å². The topological polar surface area (TPSA) is 52.3 Å². The molecule has 5 heteroatoms. The van der Waals surface area contributed by atoms with Crippen LogP contribution < -0.4 is 10.5 Å². The molecule has 0 heterocycles. The summed E-state index contributed by atoms with van der Waals surface area (Å²) in [5.41, 5.74) is 4.29. The van der Waals surface area contributed by atoms with Gasteiger partial charge in [0.1, 0.15) is 5.82 Å². The Morgan fingerprint density at radius 1 is 1.46 bits per heavy atom. The Balaban J connectivity index is 3.35. The SMILES string of the molecule is COc1cc(F)cc(C(N)=O)c1F. The molecule has 0 aliphatic rings. The minimum Gasteiger partial charge on any atom is -0.494 e. The summed E-state index contributed by atoms with van der Waals surface area (Å²) in [4.78, 5) is 10.6. The molecule has 0 aliphatic carbocycles. The molecule has 70 valence electrons. The second-order valence-electron chi connectivity index (χ2n) is 2.33. The third-order valence-corrected chi connectivity index (χ3v) is 1.49. The van der Waals surface area contributed by atoms with Gasteiger partial charge in [-0.15, -0.1) is 0 Å². The molecule has 1 rings (SSSR count). The van der Waals surface area contributed by atoms with Crippen molar-refractivity contribution in [2.75, 3.05) is 7.11 Å². The number of halogens is 2. The zero-order chi connectivity index (χ0) is 10.0. The van der Waals surface area contributed by atoms with Gasteiger partial charge in [0.15, 0.2) is 11.6 Å². The standard InChI is InChI=1S/C8H7F2NO2/c1-13-6-3-4(9)2-5(7(6)10)8(11)12/h2-3H,1H3,(H2,11,12). The molecule has 0 atom stereocenters. The monoisotopic (exact) mass is 187 g/mol. The first-order valence-corrected chi connectivity index (χ1v) is 3.39. The molecule has 0 fully saturated rings. The highest BCUT2D eigenvalue weighted by atomic mass is 19.1. The van der Waals surface area contributed by atoms with E-state index in [0.717, 1.165) is 12.1 Å². The van der Waals surface area contributed by atoms with Gasteiger partial charge in [0, 0.05) is 6.07 Å². The number of hydrogen-bond donors (Lipinski definition) is 1. The van der Waals surface area contributed by atoms with Crippen LogP contribution in [0.5, 0.6) is 5.75 Å². The number of methoxy groups -OCH3 is 1. The van der Waals surface area contributed by atoms with Crippen molar-refractivity contribution in [2.24, 2.45) is 5.73 Å². The Bertz CT molecular complexity index is 352. The van der Waals surface area contributed by atoms with E-state index in [0.29, 0.717) is 0 Å². The summed E-state index contributed by atoms with van der Waals surface area (Å²) >= 11 is 0. The van der Waals surface area contributed by atoms with Crippen molar-refractivity contribution in [3.05, 3.63) is 29.3 Å². The van der Waals surface area contributed by atoms with Gasteiger partial charge >= 0.3 is 0 Å². The predicted molar refractivity (Wildman–Crippen MR) is 41.4 cm³/mol. The Morgan fingerprint density at radius 3 is 2.54 bits per heavy atom. The van der Waals surface area contributed by atoms with Crippen LogP contribution in [-0.4, -0.2) is 13.0 Å². The number of rotatable bonds is 2. The van der Waals surface area contributed by atoms with Gasteiger partial charge < -0.3 is 10.5 Å². The third-order valence-electron chi connectivity index (χ3n) is 1.49. The van der Waals surface area contributed by atoms with Gasteiger partial charge in [-0.05, 0) is 6.07 Å². The van der Waals surface area contributed by atoms with Crippen LogP contribution in [0.25, 0.3) is 0 Å². The lowest BCUT2D eigenvalue weighted by molar-refractivity contribution is 0.0995. The lowest BCUT2D eigenvalue weighted by Gasteiger charge is -2.04. The van der Waals surface area contributed by atoms with E-state index in [2.05, 4.69) is 4.74 Å². The first kappa shape index (κ1) is 9.44. The van der Waals surface area contributed by atoms with Crippen LogP contribution in [0.2, 0.25) is 0 Å². The fourth-order valence-electron chi connectivity index (χ4n) is 0.892. The summed E-state index contributed by atoms with van der Waals surface area (Å²) in [7, 11) is 1.17. The molecule has 0 radical (unpaired) electrons. The van der Waals surface area contributed by atoms with Gasteiger partial charge in [0.25, 0.3) is 5.91 Å². The molecule has 0 aliphatic heterocycles. The average Bonchev–Trinajstić information content (AvgIpc) is 2.08. The van der Waals surface area contributed by atoms with Crippen molar-refractivity contribution in [3.8, 4) is 5.75 Å². The normalized spacial score (nSPS) is 9.77. The fraction of sp³-hybridized carbons (Fsp3) is 0.125. The summed E-state index contributed by atoms with van der Waals surface area (Å²) in [6.45, 7) is 0. The van der Waals surface area contributed by atoms with Crippen LogP contribution >= 0.6 is 0 Å². The summed E-state index contributed by atoms with van der Waals surface area (Å²) in [6.07, 6.45) is 0. The maximum Gasteiger partial charge on any atom is 0.251 e. The van der Waals surface area contributed by atoms with E-state index in [-0.39, 0.29) is 5.75 Å². The van der Waals surface area contributed by atoms with Crippen molar-refractivity contribution in [1.29, 1.82) is 0 Å². The number of carbonyl (C=O) groups is 1. The lowest BCUT2D eigenvalue weighted by atomic mass is 10.2. The molecule has 0 spiro atoms. The van der Waals surface area contributed by atoms with Crippen LogP contribution in [0.1, 0.15) is 10.4 Å². The molecule has 3 nitrogen and oxygen atoms in total. The molecule has 0 bridgehead atoms. The van der Waals surface area contributed by atoms with E-state index in [1.54, 1.807) is 0 Å². The van der Waals surface area contributed by atoms with E-state index >= 15 is 0 Å². The van der Waals surface area contributed by atoms with Gasteiger partial charge in [0.05, 0.1) is 12.7 Å². The summed E-state index contributed by atoms with van der Waals surface area (Å²) < 4.78 is 30.3.